The molecule has 6 heteroatoms. The number of pyridine rings is 1. The fraction of sp³-hybridized carbons (Fsp3) is 0.588. The van der Waals surface area contributed by atoms with Crippen molar-refractivity contribution < 1.29 is 19.4 Å². The Morgan fingerprint density at radius 1 is 1.26 bits per heavy atom. The van der Waals surface area contributed by atoms with E-state index in [1.54, 1.807) is 19.2 Å². The predicted molar refractivity (Wildman–Crippen MR) is 85.5 cm³/mol. The number of nitrogens with zero attached hydrogens (tertiary/aromatic N) is 2. The molecule has 126 valence electrons. The number of aromatic nitrogens is 1. The first-order valence-corrected chi connectivity index (χ1v) is 8.01. The molecule has 1 aliphatic carbocycles. The second kappa shape index (κ2) is 6.98. The van der Waals surface area contributed by atoms with Gasteiger partial charge < -0.3 is 14.7 Å². The highest BCUT2D eigenvalue weighted by molar-refractivity contribution is 5.97. The first-order chi connectivity index (χ1) is 10.9. The third-order valence-corrected chi connectivity index (χ3v) is 4.37. The minimum Gasteiger partial charge on any atom is -0.479 e. The lowest BCUT2D eigenvalue weighted by Crippen LogP contribution is -2.56. The van der Waals surface area contributed by atoms with Crippen LogP contribution in [0.3, 0.4) is 0 Å². The van der Waals surface area contributed by atoms with Crippen LogP contribution in [-0.4, -0.2) is 45.6 Å². The van der Waals surface area contributed by atoms with Crippen molar-refractivity contribution in [1.29, 1.82) is 0 Å². The highest BCUT2D eigenvalue weighted by atomic mass is 16.5. The maximum absolute atomic E-state index is 12.7. The predicted octanol–water partition coefficient (Wildman–Crippen LogP) is 2.73. The van der Waals surface area contributed by atoms with E-state index in [-0.39, 0.29) is 12.0 Å². The van der Waals surface area contributed by atoms with E-state index in [2.05, 4.69) is 4.98 Å². The molecule has 1 aliphatic rings. The number of hydrogen-bond donors (Lipinski definition) is 1. The molecule has 0 radical (unpaired) electrons. The molecule has 23 heavy (non-hydrogen) atoms. The Bertz CT molecular complexity index is 562. The molecule has 1 fully saturated rings. The third-order valence-electron chi connectivity index (χ3n) is 4.37. The molecule has 0 unspecified atom stereocenters. The first-order valence-electron chi connectivity index (χ1n) is 8.01. The summed E-state index contributed by atoms with van der Waals surface area (Å²) in [5, 5.41) is 9.67. The Morgan fingerprint density at radius 2 is 1.91 bits per heavy atom. The highest BCUT2D eigenvalue weighted by Gasteiger charge is 2.45. The zero-order valence-corrected chi connectivity index (χ0v) is 13.9. The van der Waals surface area contributed by atoms with Gasteiger partial charge in [0.2, 0.25) is 5.88 Å². The molecule has 1 N–H and O–H groups in total. The minimum absolute atomic E-state index is 0.00393. The zero-order chi connectivity index (χ0) is 17.0. The van der Waals surface area contributed by atoms with Crippen LogP contribution in [0, 0.1) is 0 Å². The Balaban J connectivity index is 2.19. The van der Waals surface area contributed by atoms with Crippen LogP contribution in [0.5, 0.6) is 5.88 Å². The van der Waals surface area contributed by atoms with Gasteiger partial charge in [0.25, 0.3) is 5.91 Å². The van der Waals surface area contributed by atoms with Crippen LogP contribution in [0.1, 0.15) is 56.3 Å². The van der Waals surface area contributed by atoms with E-state index in [9.17, 15) is 14.7 Å². The molecule has 6 nitrogen and oxygen atoms in total. The summed E-state index contributed by atoms with van der Waals surface area (Å²) in [5.74, 6) is -0.802. The number of carbonyl (C=O) groups is 2. The summed E-state index contributed by atoms with van der Waals surface area (Å²) in [7, 11) is 1.57. The zero-order valence-electron chi connectivity index (χ0n) is 13.9. The van der Waals surface area contributed by atoms with Crippen molar-refractivity contribution >= 4 is 11.9 Å². The minimum atomic E-state index is -1.11. The monoisotopic (exact) mass is 320 g/mol. The molecule has 0 spiro atoms. The van der Waals surface area contributed by atoms with Crippen LogP contribution in [0.4, 0.5) is 0 Å². The van der Waals surface area contributed by atoms with E-state index < -0.39 is 11.5 Å². The molecular weight excluding hydrogens is 296 g/mol. The van der Waals surface area contributed by atoms with Crippen LogP contribution in [-0.2, 0) is 4.79 Å². The molecule has 0 aromatic carbocycles. The molecule has 0 aliphatic heterocycles. The van der Waals surface area contributed by atoms with E-state index in [4.69, 9.17) is 4.74 Å². The van der Waals surface area contributed by atoms with Crippen molar-refractivity contribution in [1.82, 2.24) is 9.88 Å². The van der Waals surface area contributed by atoms with Gasteiger partial charge in [-0.25, -0.2) is 9.78 Å². The topological polar surface area (TPSA) is 79.7 Å². The maximum atomic E-state index is 12.7. The molecule has 1 aromatic rings. The molecule has 1 saturated carbocycles. The molecule has 1 heterocycles. The number of rotatable bonds is 5. The number of aliphatic carboxylic acids is 1. The van der Waals surface area contributed by atoms with Gasteiger partial charge in [0.1, 0.15) is 5.54 Å². The standard InChI is InChI=1S/C17H24N2O4/c1-12(2)23-14-8-7-13(11-18-14)15(20)19(3)17(16(21)22)9-5-4-6-10-17/h7-8,11-12H,4-6,9-10H2,1-3H3,(H,21,22). The lowest BCUT2D eigenvalue weighted by molar-refractivity contribution is -0.151. The maximum Gasteiger partial charge on any atom is 0.329 e. The van der Waals surface area contributed by atoms with Gasteiger partial charge in [0, 0.05) is 19.3 Å². The number of carbonyl (C=O) groups excluding carboxylic acids is 1. The molecular formula is C17H24N2O4. The fourth-order valence-electron chi connectivity index (χ4n) is 3.04. The second-order valence-corrected chi connectivity index (χ2v) is 6.31. The Hall–Kier alpha value is -2.11. The van der Waals surface area contributed by atoms with Crippen molar-refractivity contribution in [3.63, 3.8) is 0 Å². The fourth-order valence-corrected chi connectivity index (χ4v) is 3.04. The molecule has 0 saturated heterocycles. The van der Waals surface area contributed by atoms with Crippen molar-refractivity contribution in [2.45, 2.75) is 57.6 Å². The molecule has 0 atom stereocenters. The quantitative estimate of drug-likeness (QED) is 0.902. The number of ether oxygens (including phenoxy) is 1. The summed E-state index contributed by atoms with van der Waals surface area (Å²) >= 11 is 0. The van der Waals surface area contributed by atoms with Crippen molar-refractivity contribution in [3.8, 4) is 5.88 Å². The second-order valence-electron chi connectivity index (χ2n) is 6.31. The van der Waals surface area contributed by atoms with Crippen LogP contribution >= 0.6 is 0 Å². The van der Waals surface area contributed by atoms with E-state index in [1.807, 2.05) is 13.8 Å². The average Bonchev–Trinajstić information content (AvgIpc) is 2.54. The summed E-state index contributed by atoms with van der Waals surface area (Å²) < 4.78 is 5.45. The number of carboxylic acids is 1. The smallest absolute Gasteiger partial charge is 0.329 e. The number of carboxylic acid groups (broad SMARTS) is 1. The van der Waals surface area contributed by atoms with Crippen molar-refractivity contribution in [2.75, 3.05) is 7.05 Å². The van der Waals surface area contributed by atoms with Crippen LogP contribution < -0.4 is 4.74 Å². The van der Waals surface area contributed by atoms with E-state index in [1.165, 1.54) is 11.1 Å². The number of hydrogen-bond acceptors (Lipinski definition) is 4. The number of amides is 1. The van der Waals surface area contributed by atoms with Gasteiger partial charge in [0.05, 0.1) is 11.7 Å². The normalized spacial score (nSPS) is 16.9. The number of likely N-dealkylation sites (N-methyl/N-ethyl adjacent to an activating group) is 1. The highest BCUT2D eigenvalue weighted by Crippen LogP contribution is 2.34. The lowest BCUT2D eigenvalue weighted by Gasteiger charge is -2.41. The van der Waals surface area contributed by atoms with Crippen molar-refractivity contribution in [3.05, 3.63) is 23.9 Å². The Labute approximate surface area is 136 Å². The summed E-state index contributed by atoms with van der Waals surface area (Å²) in [5.41, 5.74) is -0.739. The van der Waals surface area contributed by atoms with E-state index >= 15 is 0 Å². The lowest BCUT2D eigenvalue weighted by atomic mass is 9.80. The Morgan fingerprint density at radius 3 is 2.39 bits per heavy atom. The SMILES string of the molecule is CC(C)Oc1ccc(C(=O)N(C)C2(C(=O)O)CCCCC2)cn1. The van der Waals surface area contributed by atoms with Gasteiger partial charge in [-0.05, 0) is 32.8 Å². The summed E-state index contributed by atoms with van der Waals surface area (Å²) in [6.07, 6.45) is 5.09. The summed E-state index contributed by atoms with van der Waals surface area (Å²) in [6.45, 7) is 3.79. The van der Waals surface area contributed by atoms with Gasteiger partial charge >= 0.3 is 5.97 Å². The van der Waals surface area contributed by atoms with Crippen LogP contribution in [0.15, 0.2) is 18.3 Å². The molecule has 0 bridgehead atoms. The Kier molecular flexibility index (Phi) is 5.23. The molecule has 1 aromatic heterocycles. The largest absolute Gasteiger partial charge is 0.479 e. The van der Waals surface area contributed by atoms with E-state index in [0.717, 1.165) is 19.3 Å². The van der Waals surface area contributed by atoms with Crippen LogP contribution in [0.2, 0.25) is 0 Å². The van der Waals surface area contributed by atoms with Crippen molar-refractivity contribution in [2.24, 2.45) is 0 Å². The van der Waals surface area contributed by atoms with E-state index in [0.29, 0.717) is 24.3 Å². The third kappa shape index (κ3) is 3.63. The molecule has 1 amide bonds. The van der Waals surface area contributed by atoms with Gasteiger partial charge in [-0.1, -0.05) is 19.3 Å². The van der Waals surface area contributed by atoms with Crippen LogP contribution in [0.25, 0.3) is 0 Å². The van der Waals surface area contributed by atoms with Gasteiger partial charge in [-0.15, -0.1) is 0 Å². The first kappa shape index (κ1) is 17.2. The summed E-state index contributed by atoms with van der Waals surface area (Å²) in [6, 6.07) is 3.26. The van der Waals surface area contributed by atoms with Gasteiger partial charge in [-0.3, -0.25) is 4.79 Å². The average molecular weight is 320 g/mol. The summed E-state index contributed by atoms with van der Waals surface area (Å²) in [4.78, 5) is 30.0. The van der Waals surface area contributed by atoms with Gasteiger partial charge in [-0.2, -0.15) is 0 Å². The van der Waals surface area contributed by atoms with Gasteiger partial charge in [0.15, 0.2) is 0 Å². The molecule has 2 rings (SSSR count).